The number of barbiturate groups is 1. The van der Waals surface area contributed by atoms with E-state index in [1.807, 2.05) is 13.8 Å². The summed E-state index contributed by atoms with van der Waals surface area (Å²) in [6.07, 6.45) is 1.99. The number of imide groups is 2. The molecule has 4 amide bonds. The Labute approximate surface area is 202 Å². The first-order chi connectivity index (χ1) is 16.2. The summed E-state index contributed by atoms with van der Waals surface area (Å²) in [6, 6.07) is 6.82. The predicted octanol–water partition coefficient (Wildman–Crippen LogP) is 4.21. The molecule has 0 radical (unpaired) electrons. The first-order valence-corrected chi connectivity index (χ1v) is 10.8. The molecule has 0 saturated carbocycles. The van der Waals surface area contributed by atoms with Crippen molar-refractivity contribution in [2.75, 3.05) is 26.2 Å². The highest BCUT2D eigenvalue weighted by Gasteiger charge is 2.38. The van der Waals surface area contributed by atoms with Crippen LogP contribution in [-0.4, -0.2) is 45.3 Å². The van der Waals surface area contributed by atoms with E-state index >= 15 is 0 Å². The number of nitrogens with one attached hydrogen (secondary N) is 1. The molecular formula is C24H25ClN2O7. The van der Waals surface area contributed by atoms with Crippen LogP contribution in [0.25, 0.3) is 6.08 Å². The van der Waals surface area contributed by atoms with Crippen LogP contribution in [0.2, 0.25) is 5.02 Å². The van der Waals surface area contributed by atoms with E-state index in [-0.39, 0.29) is 28.1 Å². The fraction of sp³-hybridized carbons (Fsp3) is 0.292. The number of benzene rings is 2. The van der Waals surface area contributed by atoms with Crippen molar-refractivity contribution >= 4 is 41.2 Å². The molecule has 2 aromatic rings. The second kappa shape index (κ2) is 10.5. The topological polar surface area (TPSA) is 103 Å². The Morgan fingerprint density at radius 3 is 2.35 bits per heavy atom. The van der Waals surface area contributed by atoms with Gasteiger partial charge in [0.1, 0.15) is 17.1 Å². The van der Waals surface area contributed by atoms with Gasteiger partial charge in [-0.2, -0.15) is 0 Å². The molecule has 0 aromatic heterocycles. The number of rotatable bonds is 8. The third-order valence-corrected chi connectivity index (χ3v) is 5.47. The van der Waals surface area contributed by atoms with Crippen LogP contribution in [-0.2, 0) is 9.59 Å². The molecule has 0 aliphatic carbocycles. The summed E-state index contributed by atoms with van der Waals surface area (Å²) < 4.78 is 21.7. The lowest BCUT2D eigenvalue weighted by atomic mass is 10.1. The van der Waals surface area contributed by atoms with E-state index in [0.717, 1.165) is 11.3 Å². The molecule has 0 bridgehead atoms. The minimum Gasteiger partial charge on any atom is -0.497 e. The van der Waals surface area contributed by atoms with Gasteiger partial charge in [-0.1, -0.05) is 18.5 Å². The van der Waals surface area contributed by atoms with Crippen LogP contribution in [0.5, 0.6) is 23.0 Å². The SMILES string of the molecule is CCC(C)Oc1c(Cl)cc(/C=C2\C(=O)NC(=O)N(c3ccc(OC)cc3OC)C2=O)cc1OC. The van der Waals surface area contributed by atoms with Crippen molar-refractivity contribution in [3.05, 3.63) is 46.5 Å². The Morgan fingerprint density at radius 2 is 1.74 bits per heavy atom. The Kier molecular flexibility index (Phi) is 7.68. The monoisotopic (exact) mass is 488 g/mol. The van der Waals surface area contributed by atoms with Crippen molar-refractivity contribution in [1.29, 1.82) is 0 Å². The molecule has 9 nitrogen and oxygen atoms in total. The van der Waals surface area contributed by atoms with E-state index in [1.165, 1.54) is 39.5 Å². The summed E-state index contributed by atoms with van der Waals surface area (Å²) >= 11 is 6.41. The largest absolute Gasteiger partial charge is 0.497 e. The van der Waals surface area contributed by atoms with Crippen molar-refractivity contribution in [3.63, 3.8) is 0 Å². The third-order valence-electron chi connectivity index (χ3n) is 5.19. The molecule has 1 saturated heterocycles. The Bertz CT molecular complexity index is 1160. The maximum absolute atomic E-state index is 13.3. The molecule has 180 valence electrons. The lowest BCUT2D eigenvalue weighted by molar-refractivity contribution is -0.122. The van der Waals surface area contributed by atoms with Crippen LogP contribution in [0.1, 0.15) is 25.8 Å². The highest BCUT2D eigenvalue weighted by atomic mass is 35.5. The number of amides is 4. The molecule has 1 aliphatic heterocycles. The van der Waals surface area contributed by atoms with Crippen LogP contribution in [0, 0.1) is 0 Å². The van der Waals surface area contributed by atoms with Crippen molar-refractivity contribution in [3.8, 4) is 23.0 Å². The molecule has 2 aromatic carbocycles. The Morgan fingerprint density at radius 1 is 1.03 bits per heavy atom. The summed E-state index contributed by atoms with van der Waals surface area (Å²) in [5.74, 6) is -0.277. The van der Waals surface area contributed by atoms with Gasteiger partial charge < -0.3 is 18.9 Å². The van der Waals surface area contributed by atoms with E-state index in [4.69, 9.17) is 30.5 Å². The number of carbonyl (C=O) groups excluding carboxylic acids is 3. The molecule has 1 unspecified atom stereocenters. The van der Waals surface area contributed by atoms with E-state index in [1.54, 1.807) is 18.2 Å². The van der Waals surface area contributed by atoms with Gasteiger partial charge in [-0.25, -0.2) is 9.69 Å². The smallest absolute Gasteiger partial charge is 0.336 e. The summed E-state index contributed by atoms with van der Waals surface area (Å²) in [5, 5.41) is 2.43. The maximum atomic E-state index is 13.3. The molecule has 34 heavy (non-hydrogen) atoms. The fourth-order valence-corrected chi connectivity index (χ4v) is 3.50. The highest BCUT2D eigenvalue weighted by molar-refractivity contribution is 6.39. The number of hydrogen-bond donors (Lipinski definition) is 1. The van der Waals surface area contributed by atoms with Gasteiger partial charge >= 0.3 is 6.03 Å². The third kappa shape index (κ3) is 4.94. The van der Waals surface area contributed by atoms with E-state index in [0.29, 0.717) is 22.8 Å². The number of methoxy groups -OCH3 is 3. The quantitative estimate of drug-likeness (QED) is 0.438. The van der Waals surface area contributed by atoms with E-state index in [9.17, 15) is 14.4 Å². The molecule has 3 rings (SSSR count). The maximum Gasteiger partial charge on any atom is 0.336 e. The molecular weight excluding hydrogens is 464 g/mol. The fourth-order valence-electron chi connectivity index (χ4n) is 3.23. The number of urea groups is 1. The molecule has 1 fully saturated rings. The van der Waals surface area contributed by atoms with Crippen molar-refractivity contribution in [1.82, 2.24) is 5.32 Å². The number of carbonyl (C=O) groups is 3. The van der Waals surface area contributed by atoms with Gasteiger partial charge in [-0.05, 0) is 49.2 Å². The lowest BCUT2D eigenvalue weighted by Gasteiger charge is -2.27. The number of halogens is 1. The first-order valence-electron chi connectivity index (χ1n) is 10.4. The van der Waals surface area contributed by atoms with Crippen LogP contribution >= 0.6 is 11.6 Å². The standard InChI is InChI=1S/C24H25ClN2O7/c1-6-13(2)34-21-17(25)10-14(11-20(21)33-5)9-16-22(28)26-24(30)27(23(16)29)18-8-7-15(31-3)12-19(18)32-4/h7-13H,6H2,1-5H3,(H,26,28,30)/b16-9+. The average Bonchev–Trinajstić information content (AvgIpc) is 2.82. The van der Waals surface area contributed by atoms with Crippen molar-refractivity contribution in [2.45, 2.75) is 26.4 Å². The first kappa shape index (κ1) is 24.9. The zero-order valence-electron chi connectivity index (χ0n) is 19.4. The molecule has 1 heterocycles. The van der Waals surface area contributed by atoms with Gasteiger partial charge in [0.15, 0.2) is 11.5 Å². The van der Waals surface area contributed by atoms with E-state index < -0.39 is 17.8 Å². The van der Waals surface area contributed by atoms with Crippen LogP contribution in [0.4, 0.5) is 10.5 Å². The van der Waals surface area contributed by atoms with E-state index in [2.05, 4.69) is 5.32 Å². The summed E-state index contributed by atoms with van der Waals surface area (Å²) in [7, 11) is 4.33. The van der Waals surface area contributed by atoms with Gasteiger partial charge in [-0.15, -0.1) is 0 Å². The lowest BCUT2D eigenvalue weighted by Crippen LogP contribution is -2.54. The normalized spacial score (nSPS) is 15.8. The zero-order chi connectivity index (χ0) is 25.0. The second-order valence-electron chi connectivity index (χ2n) is 7.37. The highest BCUT2D eigenvalue weighted by Crippen LogP contribution is 2.39. The van der Waals surface area contributed by atoms with Gasteiger partial charge in [-0.3, -0.25) is 14.9 Å². The van der Waals surface area contributed by atoms with Crippen LogP contribution < -0.4 is 29.2 Å². The number of nitrogens with zero attached hydrogens (tertiary/aromatic N) is 1. The summed E-state index contributed by atoms with van der Waals surface area (Å²) in [4.78, 5) is 39.2. The molecule has 1 N–H and O–H groups in total. The molecule has 1 aliphatic rings. The average molecular weight is 489 g/mol. The van der Waals surface area contributed by atoms with Gasteiger partial charge in [0, 0.05) is 6.07 Å². The zero-order valence-corrected chi connectivity index (χ0v) is 20.2. The van der Waals surface area contributed by atoms with Gasteiger partial charge in [0.2, 0.25) is 0 Å². The summed E-state index contributed by atoms with van der Waals surface area (Å²) in [5.41, 5.74) is 0.288. The second-order valence-corrected chi connectivity index (χ2v) is 7.77. The number of ether oxygens (including phenoxy) is 4. The Hall–Kier alpha value is -3.72. The molecule has 1 atom stereocenters. The van der Waals surface area contributed by atoms with Crippen molar-refractivity contribution in [2.24, 2.45) is 0 Å². The minimum atomic E-state index is -0.900. The number of anilines is 1. The van der Waals surface area contributed by atoms with Crippen LogP contribution in [0.3, 0.4) is 0 Å². The number of hydrogen-bond acceptors (Lipinski definition) is 7. The van der Waals surface area contributed by atoms with Crippen LogP contribution in [0.15, 0.2) is 35.9 Å². The minimum absolute atomic E-state index is 0.0969. The predicted molar refractivity (Wildman–Crippen MR) is 127 cm³/mol. The van der Waals surface area contributed by atoms with Crippen molar-refractivity contribution < 1.29 is 33.3 Å². The molecule has 10 heteroatoms. The Balaban J connectivity index is 2.04. The summed E-state index contributed by atoms with van der Waals surface area (Å²) in [6.45, 7) is 3.87. The van der Waals surface area contributed by atoms with Gasteiger partial charge in [0.05, 0.1) is 38.1 Å². The van der Waals surface area contributed by atoms with Gasteiger partial charge in [0.25, 0.3) is 11.8 Å². The molecule has 0 spiro atoms.